The Morgan fingerprint density at radius 3 is 3.20 bits per heavy atom. The van der Waals surface area contributed by atoms with Gasteiger partial charge in [0, 0.05) is 25.5 Å². The maximum absolute atomic E-state index is 12.6. The van der Waals surface area contributed by atoms with Crippen molar-refractivity contribution in [2.45, 2.75) is 20.0 Å². The Balaban J connectivity index is 1.83. The predicted octanol–water partition coefficient (Wildman–Crippen LogP) is 1.33. The summed E-state index contributed by atoms with van der Waals surface area (Å²) in [7, 11) is 0. The minimum absolute atomic E-state index is 0.0472. The first kappa shape index (κ1) is 12.7. The van der Waals surface area contributed by atoms with Gasteiger partial charge in [0.25, 0.3) is 5.91 Å². The Morgan fingerprint density at radius 1 is 1.45 bits per heavy atom. The summed E-state index contributed by atoms with van der Waals surface area (Å²) in [6, 6.07) is 3.51. The number of pyridine rings is 1. The molecule has 1 aliphatic rings. The second kappa shape index (κ2) is 5.32. The minimum atomic E-state index is -0.0472. The molecule has 0 unspecified atom stereocenters. The van der Waals surface area contributed by atoms with Gasteiger partial charge in [-0.2, -0.15) is 0 Å². The molecule has 0 radical (unpaired) electrons. The molecule has 0 spiro atoms. The quantitative estimate of drug-likeness (QED) is 0.846. The van der Waals surface area contributed by atoms with Crippen molar-refractivity contribution in [2.24, 2.45) is 0 Å². The molecule has 0 saturated heterocycles. The highest BCUT2D eigenvalue weighted by Gasteiger charge is 2.24. The monoisotopic (exact) mass is 272 g/mol. The standard InChI is InChI=1S/C14H16N4O2/c1-2-20-13-12(4-3-5-16-13)14(19)17-6-7-18-10-15-8-11(18)9-17/h3-5,8,10H,2,6-7,9H2,1H3. The summed E-state index contributed by atoms with van der Waals surface area (Å²) in [5.41, 5.74) is 1.56. The van der Waals surface area contributed by atoms with Crippen LogP contribution in [-0.4, -0.2) is 38.5 Å². The average molecular weight is 272 g/mol. The number of hydrogen-bond donors (Lipinski definition) is 0. The van der Waals surface area contributed by atoms with E-state index in [0.29, 0.717) is 31.1 Å². The maximum atomic E-state index is 12.6. The second-order valence-corrected chi connectivity index (χ2v) is 4.59. The molecule has 0 saturated carbocycles. The number of imidazole rings is 1. The van der Waals surface area contributed by atoms with Crippen LogP contribution in [0.5, 0.6) is 5.88 Å². The molecule has 0 fully saturated rings. The number of aromatic nitrogens is 3. The molecule has 0 N–H and O–H groups in total. The van der Waals surface area contributed by atoms with Gasteiger partial charge in [0.2, 0.25) is 5.88 Å². The Morgan fingerprint density at radius 2 is 2.35 bits per heavy atom. The molecule has 3 rings (SSSR count). The van der Waals surface area contributed by atoms with E-state index < -0.39 is 0 Å². The van der Waals surface area contributed by atoms with E-state index >= 15 is 0 Å². The molecule has 1 amide bonds. The van der Waals surface area contributed by atoms with E-state index in [-0.39, 0.29) is 5.91 Å². The van der Waals surface area contributed by atoms with Crippen molar-refractivity contribution < 1.29 is 9.53 Å². The van der Waals surface area contributed by atoms with Crippen molar-refractivity contribution in [3.05, 3.63) is 42.1 Å². The zero-order chi connectivity index (χ0) is 13.9. The van der Waals surface area contributed by atoms with E-state index in [9.17, 15) is 4.79 Å². The molecule has 20 heavy (non-hydrogen) atoms. The van der Waals surface area contributed by atoms with Gasteiger partial charge in [0.1, 0.15) is 5.56 Å². The average Bonchev–Trinajstić information content (AvgIpc) is 2.95. The van der Waals surface area contributed by atoms with Gasteiger partial charge >= 0.3 is 0 Å². The van der Waals surface area contributed by atoms with Crippen LogP contribution in [0.25, 0.3) is 0 Å². The number of fused-ring (bicyclic) bond motifs is 1. The van der Waals surface area contributed by atoms with E-state index in [1.54, 1.807) is 35.8 Å². The molecule has 2 aromatic heterocycles. The number of carbonyl (C=O) groups is 1. The van der Waals surface area contributed by atoms with Gasteiger partial charge in [-0.1, -0.05) is 0 Å². The van der Waals surface area contributed by atoms with Crippen molar-refractivity contribution in [3.63, 3.8) is 0 Å². The summed E-state index contributed by atoms with van der Waals surface area (Å²) in [6.07, 6.45) is 5.23. The fourth-order valence-electron chi connectivity index (χ4n) is 2.33. The van der Waals surface area contributed by atoms with Crippen LogP contribution in [0.3, 0.4) is 0 Å². The maximum Gasteiger partial charge on any atom is 0.259 e. The summed E-state index contributed by atoms with van der Waals surface area (Å²) in [6.45, 7) is 4.37. The molecule has 104 valence electrons. The van der Waals surface area contributed by atoms with Gasteiger partial charge in [-0.05, 0) is 19.1 Å². The second-order valence-electron chi connectivity index (χ2n) is 4.59. The lowest BCUT2D eigenvalue weighted by Crippen LogP contribution is -2.38. The molecule has 3 heterocycles. The van der Waals surface area contributed by atoms with Crippen LogP contribution in [0.15, 0.2) is 30.9 Å². The van der Waals surface area contributed by atoms with Crippen molar-refractivity contribution >= 4 is 5.91 Å². The van der Waals surface area contributed by atoms with Crippen LogP contribution in [0.4, 0.5) is 0 Å². The lowest BCUT2D eigenvalue weighted by molar-refractivity contribution is 0.0706. The Hall–Kier alpha value is -2.37. The number of nitrogens with zero attached hydrogens (tertiary/aromatic N) is 4. The molecule has 0 aliphatic carbocycles. The van der Waals surface area contributed by atoms with Crippen LogP contribution >= 0.6 is 0 Å². The topological polar surface area (TPSA) is 60.2 Å². The van der Waals surface area contributed by atoms with Crippen LogP contribution in [0, 0.1) is 0 Å². The highest BCUT2D eigenvalue weighted by Crippen LogP contribution is 2.20. The van der Waals surface area contributed by atoms with Crippen molar-refractivity contribution in [1.29, 1.82) is 0 Å². The first-order valence-electron chi connectivity index (χ1n) is 6.65. The smallest absolute Gasteiger partial charge is 0.259 e. The van der Waals surface area contributed by atoms with Gasteiger partial charge in [0.15, 0.2) is 0 Å². The number of rotatable bonds is 3. The molecule has 6 heteroatoms. The van der Waals surface area contributed by atoms with Crippen LogP contribution in [-0.2, 0) is 13.1 Å². The highest BCUT2D eigenvalue weighted by atomic mass is 16.5. The number of carbonyl (C=O) groups excluding carboxylic acids is 1. The van der Waals surface area contributed by atoms with Gasteiger partial charge in [-0.15, -0.1) is 0 Å². The van der Waals surface area contributed by atoms with Crippen molar-refractivity contribution in [3.8, 4) is 5.88 Å². The zero-order valence-electron chi connectivity index (χ0n) is 11.3. The summed E-state index contributed by atoms with van der Waals surface area (Å²) in [5.74, 6) is 0.355. The Labute approximate surface area is 117 Å². The van der Waals surface area contributed by atoms with Gasteiger partial charge < -0.3 is 14.2 Å². The number of hydrogen-bond acceptors (Lipinski definition) is 4. The normalized spacial score (nSPS) is 13.9. The molecule has 0 atom stereocenters. The first-order chi connectivity index (χ1) is 9.79. The van der Waals surface area contributed by atoms with E-state index in [1.807, 2.05) is 6.92 Å². The number of ether oxygens (including phenoxy) is 1. The zero-order valence-corrected chi connectivity index (χ0v) is 11.3. The summed E-state index contributed by atoms with van der Waals surface area (Å²) in [4.78, 5) is 22.6. The van der Waals surface area contributed by atoms with E-state index in [0.717, 1.165) is 12.2 Å². The molecule has 0 bridgehead atoms. The third-order valence-corrected chi connectivity index (χ3v) is 3.33. The van der Waals surface area contributed by atoms with Crippen LogP contribution < -0.4 is 4.74 Å². The molecule has 0 aromatic carbocycles. The van der Waals surface area contributed by atoms with E-state index in [1.165, 1.54) is 0 Å². The van der Waals surface area contributed by atoms with Crippen LogP contribution in [0.1, 0.15) is 23.0 Å². The third kappa shape index (κ3) is 2.24. The van der Waals surface area contributed by atoms with Crippen molar-refractivity contribution in [1.82, 2.24) is 19.4 Å². The van der Waals surface area contributed by atoms with Crippen LogP contribution in [0.2, 0.25) is 0 Å². The molecular formula is C14H16N4O2. The van der Waals surface area contributed by atoms with Gasteiger partial charge in [-0.25, -0.2) is 9.97 Å². The third-order valence-electron chi connectivity index (χ3n) is 3.33. The minimum Gasteiger partial charge on any atom is -0.477 e. The fourth-order valence-corrected chi connectivity index (χ4v) is 2.33. The fraction of sp³-hybridized carbons (Fsp3) is 0.357. The summed E-state index contributed by atoms with van der Waals surface area (Å²) < 4.78 is 7.49. The predicted molar refractivity (Wildman–Crippen MR) is 72.4 cm³/mol. The molecule has 2 aromatic rings. The van der Waals surface area contributed by atoms with E-state index in [2.05, 4.69) is 14.5 Å². The Kier molecular flexibility index (Phi) is 3.37. The van der Waals surface area contributed by atoms with Gasteiger partial charge in [-0.3, -0.25) is 4.79 Å². The van der Waals surface area contributed by atoms with Gasteiger partial charge in [0.05, 0.1) is 25.2 Å². The Bertz CT molecular complexity index is 623. The number of amides is 1. The van der Waals surface area contributed by atoms with Crippen molar-refractivity contribution in [2.75, 3.05) is 13.2 Å². The summed E-state index contributed by atoms with van der Waals surface area (Å²) >= 11 is 0. The highest BCUT2D eigenvalue weighted by molar-refractivity contribution is 5.96. The molecule has 6 nitrogen and oxygen atoms in total. The lowest BCUT2D eigenvalue weighted by Gasteiger charge is -2.28. The van der Waals surface area contributed by atoms with E-state index in [4.69, 9.17) is 4.74 Å². The first-order valence-corrected chi connectivity index (χ1v) is 6.65. The lowest BCUT2D eigenvalue weighted by atomic mass is 10.2. The molecule has 1 aliphatic heterocycles. The largest absolute Gasteiger partial charge is 0.477 e. The SMILES string of the molecule is CCOc1ncccc1C(=O)N1CCn2cncc2C1. The molecular weight excluding hydrogens is 256 g/mol. The summed E-state index contributed by atoms with van der Waals surface area (Å²) in [5, 5.41) is 0.